The van der Waals surface area contributed by atoms with Crippen LogP contribution in [-0.2, 0) is 9.53 Å². The summed E-state index contributed by atoms with van der Waals surface area (Å²) in [6.07, 6.45) is -0.586. The number of carbonyl (C=O) groups is 4. The molecule has 1 aliphatic heterocycles. The second-order valence-electron chi connectivity index (χ2n) is 9.87. The molecule has 0 aromatic heterocycles. The number of nitrogens with one attached hydrogen (secondary N) is 1. The van der Waals surface area contributed by atoms with Gasteiger partial charge in [-0.15, -0.1) is 11.8 Å². The highest BCUT2D eigenvalue weighted by Gasteiger charge is 2.28. The Morgan fingerprint density at radius 3 is 2.05 bits per heavy atom. The predicted molar refractivity (Wildman–Crippen MR) is 141 cm³/mol. The van der Waals surface area contributed by atoms with Crippen molar-refractivity contribution in [1.29, 1.82) is 0 Å². The van der Waals surface area contributed by atoms with Crippen molar-refractivity contribution in [1.82, 2.24) is 15.1 Å². The highest BCUT2D eigenvalue weighted by Crippen LogP contribution is 2.21. The third-order valence-electron chi connectivity index (χ3n) is 5.71. The fraction of sp³-hybridized carbons (Fsp3) is 0.407. The van der Waals surface area contributed by atoms with Crippen LogP contribution in [-0.4, -0.2) is 82.4 Å². The van der Waals surface area contributed by atoms with Crippen molar-refractivity contribution in [2.24, 2.45) is 0 Å². The molecular weight excluding hydrogens is 513 g/mol. The zero-order valence-electron chi connectivity index (χ0n) is 21.6. The number of hydrogen-bond acceptors (Lipinski definition) is 6. The van der Waals surface area contributed by atoms with Gasteiger partial charge >= 0.3 is 12.1 Å². The number of alkyl carbamates (subject to hydrolysis) is 1. The van der Waals surface area contributed by atoms with E-state index in [0.717, 1.165) is 4.90 Å². The highest BCUT2D eigenvalue weighted by molar-refractivity contribution is 7.99. The molecule has 1 atom stereocenters. The normalized spacial score (nSPS) is 14.5. The molecule has 2 aromatic carbocycles. The second kappa shape index (κ2) is 12.8. The van der Waals surface area contributed by atoms with Crippen molar-refractivity contribution in [2.75, 3.05) is 31.9 Å². The summed E-state index contributed by atoms with van der Waals surface area (Å²) in [5.41, 5.74) is -0.210. The Morgan fingerprint density at radius 2 is 1.50 bits per heavy atom. The number of nitrogens with zero attached hydrogens (tertiary/aromatic N) is 2. The van der Waals surface area contributed by atoms with E-state index in [-0.39, 0.29) is 29.6 Å². The second-order valence-corrected chi connectivity index (χ2v) is 11.0. The number of thioether (sulfide) groups is 1. The standard InChI is InChI=1S/C27H32FN3O6S/c1-27(2,3)37-26(36)29-21(17-38-22-10-8-20(28)9-11-22)16-23(32)30-12-14-31(15-13-30)24(33)18-4-6-19(7-5-18)25(34)35/h4-11,21H,12-17H2,1-3H3,(H,29,36)(H,34,35)/t21-/m0/s1. The summed E-state index contributed by atoms with van der Waals surface area (Å²) in [4.78, 5) is 53.4. The number of halogens is 1. The first-order valence-electron chi connectivity index (χ1n) is 12.2. The maximum absolute atomic E-state index is 13.2. The minimum atomic E-state index is -1.06. The fourth-order valence-electron chi connectivity index (χ4n) is 3.79. The summed E-state index contributed by atoms with van der Waals surface area (Å²) >= 11 is 1.39. The summed E-state index contributed by atoms with van der Waals surface area (Å²) in [5.74, 6) is -1.42. The average Bonchev–Trinajstić information content (AvgIpc) is 2.86. The molecule has 1 fully saturated rings. The molecule has 3 amide bonds. The highest BCUT2D eigenvalue weighted by atomic mass is 32.2. The van der Waals surface area contributed by atoms with Crippen molar-refractivity contribution in [3.05, 3.63) is 65.5 Å². The first-order valence-corrected chi connectivity index (χ1v) is 13.2. The molecule has 11 heteroatoms. The lowest BCUT2D eigenvalue weighted by molar-refractivity contribution is -0.133. The van der Waals surface area contributed by atoms with Gasteiger partial charge in [0.15, 0.2) is 0 Å². The Morgan fingerprint density at radius 1 is 0.947 bits per heavy atom. The minimum absolute atomic E-state index is 0.0397. The average molecular weight is 546 g/mol. The molecule has 0 radical (unpaired) electrons. The Labute approximate surface area is 225 Å². The number of hydrogen-bond donors (Lipinski definition) is 2. The van der Waals surface area contributed by atoms with E-state index in [0.29, 0.717) is 37.5 Å². The molecule has 2 N–H and O–H groups in total. The van der Waals surface area contributed by atoms with Crippen LogP contribution in [0.1, 0.15) is 47.9 Å². The van der Waals surface area contributed by atoms with E-state index in [9.17, 15) is 23.6 Å². The molecule has 0 saturated carbocycles. The molecule has 0 bridgehead atoms. The molecule has 0 aliphatic carbocycles. The minimum Gasteiger partial charge on any atom is -0.478 e. The van der Waals surface area contributed by atoms with Crippen LogP contribution in [0.3, 0.4) is 0 Å². The van der Waals surface area contributed by atoms with Crippen LogP contribution in [0, 0.1) is 5.82 Å². The van der Waals surface area contributed by atoms with Gasteiger partial charge in [-0.1, -0.05) is 0 Å². The first kappa shape index (κ1) is 29.0. The SMILES string of the molecule is CC(C)(C)OC(=O)N[C@H](CSc1ccc(F)cc1)CC(=O)N1CCN(C(=O)c2ccc(C(=O)O)cc2)CC1. The predicted octanol–water partition coefficient (Wildman–Crippen LogP) is 3.88. The number of piperazine rings is 1. The van der Waals surface area contributed by atoms with Crippen LogP contribution in [0.5, 0.6) is 0 Å². The maximum Gasteiger partial charge on any atom is 0.407 e. The largest absolute Gasteiger partial charge is 0.478 e. The zero-order chi connectivity index (χ0) is 27.9. The topological polar surface area (TPSA) is 116 Å². The van der Waals surface area contributed by atoms with E-state index >= 15 is 0 Å². The maximum atomic E-state index is 13.2. The fourth-order valence-corrected chi connectivity index (χ4v) is 4.71. The Bertz CT molecular complexity index is 1140. The molecule has 1 aliphatic rings. The van der Waals surface area contributed by atoms with Gasteiger partial charge in [0, 0.05) is 48.8 Å². The van der Waals surface area contributed by atoms with E-state index in [1.165, 1.54) is 48.2 Å². The van der Waals surface area contributed by atoms with E-state index < -0.39 is 23.7 Å². The van der Waals surface area contributed by atoms with E-state index in [1.807, 2.05) is 0 Å². The lowest BCUT2D eigenvalue weighted by atomic mass is 10.1. The number of ether oxygens (including phenoxy) is 1. The number of amides is 3. The van der Waals surface area contributed by atoms with Gasteiger partial charge in [-0.2, -0.15) is 0 Å². The van der Waals surface area contributed by atoms with Crippen LogP contribution in [0.2, 0.25) is 0 Å². The van der Waals surface area contributed by atoms with Crippen molar-refractivity contribution in [2.45, 2.75) is 43.7 Å². The molecule has 9 nitrogen and oxygen atoms in total. The summed E-state index contributed by atoms with van der Waals surface area (Å²) in [5, 5.41) is 11.8. The lowest BCUT2D eigenvalue weighted by Gasteiger charge is -2.35. The van der Waals surface area contributed by atoms with Crippen molar-refractivity contribution >= 4 is 35.6 Å². The Balaban J connectivity index is 1.57. The van der Waals surface area contributed by atoms with Crippen LogP contribution in [0.25, 0.3) is 0 Å². The molecule has 1 heterocycles. The van der Waals surface area contributed by atoms with Crippen LogP contribution < -0.4 is 5.32 Å². The summed E-state index contributed by atoms with van der Waals surface area (Å²) < 4.78 is 18.6. The van der Waals surface area contributed by atoms with Crippen molar-refractivity contribution < 1.29 is 33.4 Å². The number of carbonyl (C=O) groups excluding carboxylic acids is 3. The number of benzene rings is 2. The summed E-state index contributed by atoms with van der Waals surface area (Å²) in [7, 11) is 0. The Kier molecular flexibility index (Phi) is 9.73. The smallest absolute Gasteiger partial charge is 0.407 e. The molecule has 0 unspecified atom stereocenters. The van der Waals surface area contributed by atoms with E-state index in [1.54, 1.807) is 42.7 Å². The van der Waals surface area contributed by atoms with Crippen LogP contribution in [0.4, 0.5) is 9.18 Å². The molecule has 3 rings (SSSR count). The van der Waals surface area contributed by atoms with E-state index in [4.69, 9.17) is 9.84 Å². The van der Waals surface area contributed by atoms with Gasteiger partial charge in [0.1, 0.15) is 11.4 Å². The first-order chi connectivity index (χ1) is 17.9. The number of aromatic carboxylic acids is 1. The van der Waals surface area contributed by atoms with E-state index in [2.05, 4.69) is 5.32 Å². The van der Waals surface area contributed by atoms with Gasteiger partial charge in [0.2, 0.25) is 5.91 Å². The zero-order valence-corrected chi connectivity index (χ0v) is 22.4. The van der Waals surface area contributed by atoms with Gasteiger partial charge in [-0.05, 0) is 69.3 Å². The number of carboxylic acid groups (broad SMARTS) is 1. The summed E-state index contributed by atoms with van der Waals surface area (Å²) in [6.45, 7) is 6.59. The van der Waals surface area contributed by atoms with Gasteiger partial charge in [-0.25, -0.2) is 14.0 Å². The summed E-state index contributed by atoms with van der Waals surface area (Å²) in [6, 6.07) is 11.2. The van der Waals surface area contributed by atoms with Crippen LogP contribution >= 0.6 is 11.8 Å². The molecule has 204 valence electrons. The van der Waals surface area contributed by atoms with Crippen LogP contribution in [0.15, 0.2) is 53.4 Å². The van der Waals surface area contributed by atoms with Crippen molar-refractivity contribution in [3.63, 3.8) is 0 Å². The molecule has 1 saturated heterocycles. The third-order valence-corrected chi connectivity index (χ3v) is 6.88. The molecule has 0 spiro atoms. The van der Waals surface area contributed by atoms with Crippen molar-refractivity contribution in [3.8, 4) is 0 Å². The number of carboxylic acids is 1. The quantitative estimate of drug-likeness (QED) is 0.484. The van der Waals surface area contributed by atoms with Gasteiger partial charge in [0.25, 0.3) is 5.91 Å². The molecular formula is C27H32FN3O6S. The monoisotopic (exact) mass is 545 g/mol. The van der Waals surface area contributed by atoms with Gasteiger partial charge in [0.05, 0.1) is 11.6 Å². The lowest BCUT2D eigenvalue weighted by Crippen LogP contribution is -2.52. The molecule has 2 aromatic rings. The molecule has 38 heavy (non-hydrogen) atoms. The van der Waals surface area contributed by atoms with Gasteiger partial charge < -0.3 is 25.0 Å². The van der Waals surface area contributed by atoms with Gasteiger partial charge in [-0.3, -0.25) is 9.59 Å². The Hall–Kier alpha value is -3.60. The number of rotatable bonds is 8. The third kappa shape index (κ3) is 8.76.